The fourth-order valence-corrected chi connectivity index (χ4v) is 3.25. The van der Waals surface area contributed by atoms with Gasteiger partial charge in [-0.05, 0) is 46.3 Å². The van der Waals surface area contributed by atoms with Gasteiger partial charge in [0, 0.05) is 23.3 Å². The molecule has 0 aliphatic rings. The SMILES string of the molecule is CC(=O)Nc1cccc(NC(=O)COc2c(Cl)cc(Cl)cc2Br)c1. The van der Waals surface area contributed by atoms with Gasteiger partial charge in [0.25, 0.3) is 5.91 Å². The van der Waals surface area contributed by atoms with Crippen molar-refractivity contribution in [1.82, 2.24) is 0 Å². The third-order valence-electron chi connectivity index (χ3n) is 2.78. The van der Waals surface area contributed by atoms with Gasteiger partial charge >= 0.3 is 0 Å². The summed E-state index contributed by atoms with van der Waals surface area (Å²) >= 11 is 15.2. The topological polar surface area (TPSA) is 67.4 Å². The van der Waals surface area contributed by atoms with Crippen LogP contribution in [0.2, 0.25) is 10.0 Å². The van der Waals surface area contributed by atoms with E-state index in [9.17, 15) is 9.59 Å². The van der Waals surface area contributed by atoms with E-state index in [1.165, 1.54) is 13.0 Å². The average Bonchev–Trinajstić information content (AvgIpc) is 2.45. The zero-order valence-electron chi connectivity index (χ0n) is 12.5. The normalized spacial score (nSPS) is 10.2. The van der Waals surface area contributed by atoms with Crippen molar-refractivity contribution in [3.63, 3.8) is 0 Å². The molecule has 0 spiro atoms. The molecule has 2 rings (SSSR count). The summed E-state index contributed by atoms with van der Waals surface area (Å²) in [5.74, 6) is -0.222. The molecule has 0 aromatic heterocycles. The van der Waals surface area contributed by atoms with Gasteiger partial charge in [0.15, 0.2) is 12.4 Å². The van der Waals surface area contributed by atoms with Crippen molar-refractivity contribution >= 4 is 62.3 Å². The quantitative estimate of drug-likeness (QED) is 0.718. The van der Waals surface area contributed by atoms with Gasteiger partial charge in [0.1, 0.15) is 0 Å². The molecule has 2 aromatic rings. The average molecular weight is 432 g/mol. The van der Waals surface area contributed by atoms with Gasteiger partial charge in [-0.3, -0.25) is 9.59 Å². The zero-order valence-corrected chi connectivity index (χ0v) is 15.6. The molecule has 2 N–H and O–H groups in total. The summed E-state index contributed by atoms with van der Waals surface area (Å²) in [6.45, 7) is 1.18. The number of hydrogen-bond acceptors (Lipinski definition) is 3. The predicted octanol–water partition coefficient (Wildman–Crippen LogP) is 4.73. The standard InChI is InChI=1S/C16H13BrCl2N2O3/c1-9(22)20-11-3-2-4-12(7-11)21-15(23)8-24-16-13(17)5-10(18)6-14(16)19/h2-7H,8H2,1H3,(H,20,22)(H,21,23). The van der Waals surface area contributed by atoms with Gasteiger partial charge in [0.2, 0.25) is 5.91 Å². The summed E-state index contributed by atoms with van der Waals surface area (Å²) in [7, 11) is 0. The highest BCUT2D eigenvalue weighted by Gasteiger charge is 2.11. The van der Waals surface area contributed by atoms with Crippen molar-refractivity contribution in [1.29, 1.82) is 0 Å². The Balaban J connectivity index is 1.98. The first-order valence-electron chi connectivity index (χ1n) is 6.80. The molecule has 0 fully saturated rings. The van der Waals surface area contributed by atoms with E-state index in [1.54, 1.807) is 30.3 Å². The molecule has 24 heavy (non-hydrogen) atoms. The van der Waals surface area contributed by atoms with Gasteiger partial charge in [-0.25, -0.2) is 0 Å². The Kier molecular flexibility index (Phi) is 6.48. The lowest BCUT2D eigenvalue weighted by Gasteiger charge is -2.11. The molecule has 0 heterocycles. The van der Waals surface area contributed by atoms with Crippen LogP contribution in [-0.4, -0.2) is 18.4 Å². The van der Waals surface area contributed by atoms with Crippen molar-refractivity contribution in [2.45, 2.75) is 6.92 Å². The molecule has 0 unspecified atom stereocenters. The van der Waals surface area contributed by atoms with E-state index < -0.39 is 0 Å². The maximum atomic E-state index is 12.0. The van der Waals surface area contributed by atoms with Crippen molar-refractivity contribution in [3.8, 4) is 5.75 Å². The minimum absolute atomic E-state index is 0.191. The summed E-state index contributed by atoms with van der Waals surface area (Å²) in [5, 5.41) is 6.07. The van der Waals surface area contributed by atoms with Crippen LogP contribution in [0.25, 0.3) is 0 Å². The largest absolute Gasteiger partial charge is 0.481 e. The molecule has 0 atom stereocenters. The highest BCUT2D eigenvalue weighted by molar-refractivity contribution is 9.10. The highest BCUT2D eigenvalue weighted by Crippen LogP contribution is 2.36. The Morgan fingerprint density at radius 2 is 1.79 bits per heavy atom. The van der Waals surface area contributed by atoms with Crippen LogP contribution in [0, 0.1) is 0 Å². The number of rotatable bonds is 5. The van der Waals surface area contributed by atoms with Crippen LogP contribution in [-0.2, 0) is 9.59 Å². The molecule has 2 amide bonds. The maximum absolute atomic E-state index is 12.0. The Hall–Kier alpha value is -1.76. The lowest BCUT2D eigenvalue weighted by molar-refractivity contribution is -0.118. The van der Waals surface area contributed by atoms with E-state index in [4.69, 9.17) is 27.9 Å². The first-order chi connectivity index (χ1) is 11.3. The van der Waals surface area contributed by atoms with Crippen LogP contribution >= 0.6 is 39.1 Å². The molecular formula is C16H13BrCl2N2O3. The number of amides is 2. The fourth-order valence-electron chi connectivity index (χ4n) is 1.88. The van der Waals surface area contributed by atoms with Crippen molar-refractivity contribution in [2.75, 3.05) is 17.2 Å². The maximum Gasteiger partial charge on any atom is 0.262 e. The Morgan fingerprint density at radius 1 is 1.12 bits per heavy atom. The third kappa shape index (κ3) is 5.40. The number of carbonyl (C=O) groups is 2. The second-order valence-electron chi connectivity index (χ2n) is 4.80. The molecule has 126 valence electrons. The van der Waals surface area contributed by atoms with Crippen molar-refractivity contribution < 1.29 is 14.3 Å². The smallest absolute Gasteiger partial charge is 0.262 e. The molecule has 0 aliphatic carbocycles. The monoisotopic (exact) mass is 430 g/mol. The minimum Gasteiger partial charge on any atom is -0.481 e. The van der Waals surface area contributed by atoms with Crippen LogP contribution in [0.1, 0.15) is 6.92 Å². The second kappa shape index (κ2) is 8.37. The third-order valence-corrected chi connectivity index (χ3v) is 3.87. The number of ether oxygens (including phenoxy) is 1. The number of benzene rings is 2. The van der Waals surface area contributed by atoms with E-state index in [-0.39, 0.29) is 18.4 Å². The number of nitrogens with one attached hydrogen (secondary N) is 2. The minimum atomic E-state index is -0.368. The van der Waals surface area contributed by atoms with Gasteiger partial charge in [-0.15, -0.1) is 0 Å². The molecule has 0 saturated heterocycles. The lowest BCUT2D eigenvalue weighted by atomic mass is 10.2. The molecule has 0 saturated carbocycles. The summed E-state index contributed by atoms with van der Waals surface area (Å²) in [6, 6.07) is 9.93. The number of hydrogen-bond donors (Lipinski definition) is 2. The number of carbonyl (C=O) groups excluding carboxylic acids is 2. The van der Waals surface area contributed by atoms with Crippen LogP contribution < -0.4 is 15.4 Å². The number of halogens is 3. The Labute approximate surface area is 157 Å². The molecule has 8 heteroatoms. The Morgan fingerprint density at radius 3 is 2.42 bits per heavy atom. The molecule has 5 nitrogen and oxygen atoms in total. The molecule has 0 radical (unpaired) electrons. The fraction of sp³-hybridized carbons (Fsp3) is 0.125. The molecule has 0 bridgehead atoms. The first-order valence-corrected chi connectivity index (χ1v) is 8.35. The highest BCUT2D eigenvalue weighted by atomic mass is 79.9. The van der Waals surface area contributed by atoms with Crippen LogP contribution in [0.4, 0.5) is 11.4 Å². The number of anilines is 2. The van der Waals surface area contributed by atoms with Gasteiger partial charge in [-0.1, -0.05) is 29.3 Å². The van der Waals surface area contributed by atoms with Crippen LogP contribution in [0.5, 0.6) is 5.75 Å². The molecule has 2 aromatic carbocycles. The molecule has 0 aliphatic heterocycles. The van der Waals surface area contributed by atoms with E-state index in [2.05, 4.69) is 26.6 Å². The van der Waals surface area contributed by atoms with Gasteiger partial charge in [0.05, 0.1) is 9.50 Å². The van der Waals surface area contributed by atoms with E-state index in [0.29, 0.717) is 31.6 Å². The predicted molar refractivity (Wildman–Crippen MR) is 99.0 cm³/mol. The van der Waals surface area contributed by atoms with E-state index >= 15 is 0 Å². The van der Waals surface area contributed by atoms with Crippen LogP contribution in [0.15, 0.2) is 40.9 Å². The Bertz CT molecular complexity index is 761. The summed E-state index contributed by atoms with van der Waals surface area (Å²) in [4.78, 5) is 23.0. The van der Waals surface area contributed by atoms with Gasteiger partial charge < -0.3 is 15.4 Å². The summed E-state index contributed by atoms with van der Waals surface area (Å²) < 4.78 is 5.99. The second-order valence-corrected chi connectivity index (χ2v) is 6.50. The van der Waals surface area contributed by atoms with E-state index in [0.717, 1.165) is 0 Å². The lowest BCUT2D eigenvalue weighted by Crippen LogP contribution is -2.20. The van der Waals surface area contributed by atoms with Crippen molar-refractivity contribution in [2.24, 2.45) is 0 Å². The zero-order chi connectivity index (χ0) is 17.7. The van der Waals surface area contributed by atoms with Crippen LogP contribution in [0.3, 0.4) is 0 Å². The summed E-state index contributed by atoms with van der Waals surface area (Å²) in [5.41, 5.74) is 1.13. The molecular weight excluding hydrogens is 419 g/mol. The summed E-state index contributed by atoms with van der Waals surface area (Å²) in [6.07, 6.45) is 0. The van der Waals surface area contributed by atoms with Crippen molar-refractivity contribution in [3.05, 3.63) is 50.9 Å². The van der Waals surface area contributed by atoms with Gasteiger partial charge in [-0.2, -0.15) is 0 Å². The van der Waals surface area contributed by atoms with E-state index in [1.807, 2.05) is 0 Å². The first kappa shape index (κ1) is 18.6.